The molecule has 0 radical (unpaired) electrons. The first-order valence-corrected chi connectivity index (χ1v) is 8.08. The number of amides is 1. The van der Waals surface area contributed by atoms with Crippen molar-refractivity contribution in [1.29, 1.82) is 0 Å². The van der Waals surface area contributed by atoms with Crippen LogP contribution in [0, 0.1) is 20.8 Å². The Balaban J connectivity index is 1.99. The van der Waals surface area contributed by atoms with Crippen LogP contribution in [0.3, 0.4) is 0 Å². The number of nitrogens with zero attached hydrogens (tertiary/aromatic N) is 1. The van der Waals surface area contributed by atoms with Crippen molar-refractivity contribution in [3.63, 3.8) is 0 Å². The maximum absolute atomic E-state index is 12.7. The summed E-state index contributed by atoms with van der Waals surface area (Å²) >= 11 is 0. The van der Waals surface area contributed by atoms with E-state index in [-0.39, 0.29) is 5.91 Å². The van der Waals surface area contributed by atoms with E-state index in [1.165, 1.54) is 5.56 Å². The molecule has 0 unspecified atom stereocenters. The zero-order valence-electron chi connectivity index (χ0n) is 14.8. The number of carbonyl (C=O) groups is 1. The summed E-state index contributed by atoms with van der Waals surface area (Å²) in [4.78, 5) is 12.7. The minimum Gasteiger partial charge on any atom is -0.496 e. The first-order valence-electron chi connectivity index (χ1n) is 8.08. The molecular formula is C20H21N3O2. The van der Waals surface area contributed by atoms with Crippen molar-refractivity contribution in [3.8, 4) is 17.0 Å². The standard InChI is InChI=1S/C20H21N3O2/c1-12-9-10-15(13(2)11-12)19-18(14(3)22-23-19)21-20(24)16-7-5-6-8-17(16)25-4/h5-11H,1-4H3,(H,21,24)(H,22,23). The number of carbonyl (C=O) groups excluding carboxylic acids is 1. The second-order valence-corrected chi connectivity index (χ2v) is 6.04. The largest absolute Gasteiger partial charge is 0.496 e. The Kier molecular flexibility index (Phi) is 4.57. The fourth-order valence-corrected chi connectivity index (χ4v) is 2.87. The lowest BCUT2D eigenvalue weighted by molar-refractivity contribution is 0.102. The van der Waals surface area contributed by atoms with Crippen LogP contribution in [0.2, 0.25) is 0 Å². The van der Waals surface area contributed by atoms with Crippen molar-refractivity contribution in [2.45, 2.75) is 20.8 Å². The highest BCUT2D eigenvalue weighted by molar-refractivity contribution is 6.08. The lowest BCUT2D eigenvalue weighted by Gasteiger charge is -2.11. The van der Waals surface area contributed by atoms with Gasteiger partial charge in [0.1, 0.15) is 11.4 Å². The highest BCUT2D eigenvalue weighted by Gasteiger charge is 2.19. The van der Waals surface area contributed by atoms with Crippen molar-refractivity contribution in [3.05, 3.63) is 64.8 Å². The van der Waals surface area contributed by atoms with Gasteiger partial charge in [-0.25, -0.2) is 0 Å². The van der Waals surface area contributed by atoms with Crippen molar-refractivity contribution in [1.82, 2.24) is 10.2 Å². The molecule has 25 heavy (non-hydrogen) atoms. The maximum Gasteiger partial charge on any atom is 0.259 e. The predicted molar refractivity (Wildman–Crippen MR) is 99.2 cm³/mol. The number of H-pyrrole nitrogens is 1. The summed E-state index contributed by atoms with van der Waals surface area (Å²) in [6.45, 7) is 5.98. The Morgan fingerprint density at radius 3 is 2.60 bits per heavy atom. The molecule has 2 N–H and O–H groups in total. The Hall–Kier alpha value is -3.08. The van der Waals surface area contributed by atoms with E-state index in [4.69, 9.17) is 4.74 Å². The Morgan fingerprint density at radius 1 is 1.12 bits per heavy atom. The summed E-state index contributed by atoms with van der Waals surface area (Å²) in [6.07, 6.45) is 0. The molecule has 128 valence electrons. The highest BCUT2D eigenvalue weighted by Crippen LogP contribution is 2.32. The number of hydrogen-bond donors (Lipinski definition) is 2. The average Bonchev–Trinajstić information content (AvgIpc) is 2.95. The molecule has 5 nitrogen and oxygen atoms in total. The van der Waals surface area contributed by atoms with Gasteiger partial charge in [-0.3, -0.25) is 9.89 Å². The first-order chi connectivity index (χ1) is 12.0. The van der Waals surface area contributed by atoms with Gasteiger partial charge >= 0.3 is 0 Å². The SMILES string of the molecule is COc1ccccc1C(=O)Nc1c(-c2ccc(C)cc2C)n[nH]c1C. The Morgan fingerprint density at radius 2 is 1.88 bits per heavy atom. The Bertz CT molecular complexity index is 928. The molecule has 2 aromatic carbocycles. The van der Waals surface area contributed by atoms with E-state index in [9.17, 15) is 4.79 Å². The van der Waals surface area contributed by atoms with Crippen LogP contribution in [0.15, 0.2) is 42.5 Å². The smallest absolute Gasteiger partial charge is 0.259 e. The van der Waals surface area contributed by atoms with Crippen LogP contribution in [-0.4, -0.2) is 23.2 Å². The van der Waals surface area contributed by atoms with Gasteiger partial charge in [0.05, 0.1) is 24.1 Å². The third-order valence-electron chi connectivity index (χ3n) is 4.17. The Labute approximate surface area is 147 Å². The number of aromatic amines is 1. The van der Waals surface area contributed by atoms with Gasteiger partial charge < -0.3 is 10.1 Å². The number of benzene rings is 2. The monoisotopic (exact) mass is 335 g/mol. The van der Waals surface area contributed by atoms with E-state index in [1.807, 2.05) is 38.1 Å². The summed E-state index contributed by atoms with van der Waals surface area (Å²) in [5, 5.41) is 10.3. The number of ether oxygens (including phenoxy) is 1. The van der Waals surface area contributed by atoms with E-state index in [0.717, 1.165) is 22.5 Å². The molecule has 0 fully saturated rings. The molecule has 0 aliphatic rings. The molecule has 0 saturated heterocycles. The second-order valence-electron chi connectivity index (χ2n) is 6.04. The number of aryl methyl sites for hydroxylation is 3. The van der Waals surface area contributed by atoms with Crippen molar-refractivity contribution in [2.24, 2.45) is 0 Å². The van der Waals surface area contributed by atoms with Gasteiger partial charge in [0, 0.05) is 5.56 Å². The number of para-hydroxylation sites is 1. The summed E-state index contributed by atoms with van der Waals surface area (Å²) in [6, 6.07) is 13.3. The average molecular weight is 335 g/mol. The molecule has 3 rings (SSSR count). The van der Waals surface area contributed by atoms with E-state index >= 15 is 0 Å². The molecule has 0 bridgehead atoms. The van der Waals surface area contributed by atoms with Crippen LogP contribution in [-0.2, 0) is 0 Å². The van der Waals surface area contributed by atoms with Crippen LogP contribution in [0.5, 0.6) is 5.75 Å². The fourth-order valence-electron chi connectivity index (χ4n) is 2.87. The van der Waals surface area contributed by atoms with Crippen molar-refractivity contribution < 1.29 is 9.53 Å². The zero-order valence-corrected chi connectivity index (χ0v) is 14.8. The normalized spacial score (nSPS) is 10.6. The van der Waals surface area contributed by atoms with Crippen molar-refractivity contribution >= 4 is 11.6 Å². The number of hydrogen-bond acceptors (Lipinski definition) is 3. The van der Waals surface area contributed by atoms with Gasteiger partial charge in [0.15, 0.2) is 0 Å². The van der Waals surface area contributed by atoms with Gasteiger partial charge in [-0.1, -0.05) is 35.9 Å². The molecular weight excluding hydrogens is 314 g/mol. The van der Waals surface area contributed by atoms with E-state index in [0.29, 0.717) is 17.0 Å². The third-order valence-corrected chi connectivity index (χ3v) is 4.17. The molecule has 0 atom stereocenters. The molecule has 3 aromatic rings. The molecule has 5 heteroatoms. The van der Waals surface area contributed by atoms with Crippen molar-refractivity contribution in [2.75, 3.05) is 12.4 Å². The van der Waals surface area contributed by atoms with Gasteiger partial charge in [-0.2, -0.15) is 5.10 Å². The summed E-state index contributed by atoms with van der Waals surface area (Å²) in [5.41, 5.74) is 5.99. The minimum absolute atomic E-state index is 0.229. The number of rotatable bonds is 4. The molecule has 0 aliphatic carbocycles. The van der Waals surface area contributed by atoms with Crippen LogP contribution in [0.1, 0.15) is 27.2 Å². The van der Waals surface area contributed by atoms with E-state index in [1.54, 1.807) is 19.2 Å². The lowest BCUT2D eigenvalue weighted by Crippen LogP contribution is -2.14. The fraction of sp³-hybridized carbons (Fsp3) is 0.200. The summed E-state index contributed by atoms with van der Waals surface area (Å²) in [7, 11) is 1.55. The van der Waals surface area contributed by atoms with Crippen LogP contribution in [0.4, 0.5) is 5.69 Å². The lowest BCUT2D eigenvalue weighted by atomic mass is 10.0. The van der Waals surface area contributed by atoms with Crippen LogP contribution < -0.4 is 10.1 Å². The molecule has 0 aliphatic heterocycles. The van der Waals surface area contributed by atoms with E-state index in [2.05, 4.69) is 28.5 Å². The maximum atomic E-state index is 12.7. The number of methoxy groups -OCH3 is 1. The molecule has 0 spiro atoms. The van der Waals surface area contributed by atoms with Crippen LogP contribution in [0.25, 0.3) is 11.3 Å². The van der Waals surface area contributed by atoms with E-state index < -0.39 is 0 Å². The number of aromatic nitrogens is 2. The first kappa shape index (κ1) is 16.8. The molecule has 1 heterocycles. The van der Waals surface area contributed by atoms with Gasteiger partial charge in [0.2, 0.25) is 0 Å². The number of anilines is 1. The number of nitrogens with one attached hydrogen (secondary N) is 2. The molecule has 0 saturated carbocycles. The summed E-state index contributed by atoms with van der Waals surface area (Å²) < 4.78 is 5.28. The van der Waals surface area contributed by atoms with Crippen LogP contribution >= 0.6 is 0 Å². The summed E-state index contributed by atoms with van der Waals surface area (Å²) in [5.74, 6) is 0.308. The molecule has 1 aromatic heterocycles. The highest BCUT2D eigenvalue weighted by atomic mass is 16.5. The minimum atomic E-state index is -0.229. The van der Waals surface area contributed by atoms with Gasteiger partial charge in [0.25, 0.3) is 5.91 Å². The third kappa shape index (κ3) is 3.26. The second kappa shape index (κ2) is 6.81. The predicted octanol–water partition coefficient (Wildman–Crippen LogP) is 4.26. The molecule has 1 amide bonds. The topological polar surface area (TPSA) is 67.0 Å². The quantitative estimate of drug-likeness (QED) is 0.748. The zero-order chi connectivity index (χ0) is 18.0. The van der Waals surface area contributed by atoms with Gasteiger partial charge in [-0.05, 0) is 38.5 Å². The van der Waals surface area contributed by atoms with Gasteiger partial charge in [-0.15, -0.1) is 0 Å².